The lowest BCUT2D eigenvalue weighted by atomic mass is 10.3. The second kappa shape index (κ2) is 6.55. The molecule has 0 fully saturated rings. The van der Waals surface area contributed by atoms with Crippen molar-refractivity contribution in [1.29, 1.82) is 0 Å². The van der Waals surface area contributed by atoms with Gasteiger partial charge in [-0.3, -0.25) is 0 Å². The van der Waals surface area contributed by atoms with Crippen molar-refractivity contribution in [3.8, 4) is 0 Å². The summed E-state index contributed by atoms with van der Waals surface area (Å²) in [7, 11) is -1.07. The van der Waals surface area contributed by atoms with Crippen LogP contribution < -0.4 is 10.4 Å². The molecule has 94 valence electrons. The van der Waals surface area contributed by atoms with Crippen molar-refractivity contribution in [1.82, 2.24) is 0 Å². The molecule has 0 N–H and O–H groups in total. The number of hydrogen-bond donors (Lipinski definition) is 0. The van der Waals surface area contributed by atoms with E-state index in [1.807, 2.05) is 0 Å². The Bertz CT molecular complexity index is 406. The molecule has 2 aromatic carbocycles. The molecule has 0 saturated heterocycles. The van der Waals surface area contributed by atoms with Gasteiger partial charge in [0.2, 0.25) is 0 Å². The van der Waals surface area contributed by atoms with E-state index in [-0.39, 0.29) is 0 Å². The lowest BCUT2D eigenvalue weighted by Gasteiger charge is -2.24. The lowest BCUT2D eigenvalue weighted by molar-refractivity contribution is 0.757. The van der Waals surface area contributed by atoms with Gasteiger partial charge in [0.15, 0.2) is 0 Å². The van der Waals surface area contributed by atoms with Crippen LogP contribution in [0.25, 0.3) is 0 Å². The molecule has 18 heavy (non-hydrogen) atoms. The number of hydrogen-bond acceptors (Lipinski definition) is 0. The van der Waals surface area contributed by atoms with Gasteiger partial charge < -0.3 is 0 Å². The predicted octanol–water partition coefficient (Wildman–Crippen LogP) is 3.22. The Labute approximate surface area is 112 Å². The van der Waals surface area contributed by atoms with Crippen molar-refractivity contribution in [3.05, 3.63) is 60.7 Å². The Morgan fingerprint density at radius 1 is 0.722 bits per heavy atom. The molecular formula is C17H22Si. The first kappa shape index (κ1) is 13.1. The highest BCUT2D eigenvalue weighted by atomic mass is 28.3. The average molecular weight is 254 g/mol. The van der Waals surface area contributed by atoms with Crippen molar-refractivity contribution in [3.63, 3.8) is 0 Å². The summed E-state index contributed by atoms with van der Waals surface area (Å²) in [5.41, 5.74) is 0.856. The van der Waals surface area contributed by atoms with Crippen LogP contribution in [0.3, 0.4) is 0 Å². The normalized spacial score (nSPS) is 11.1. The van der Waals surface area contributed by atoms with Crippen molar-refractivity contribution in [2.24, 2.45) is 0 Å². The van der Waals surface area contributed by atoms with Gasteiger partial charge in [0.1, 0.15) is 8.80 Å². The van der Waals surface area contributed by atoms with Crippen LogP contribution in [0.2, 0.25) is 5.54 Å². The second-order valence-corrected chi connectivity index (χ2v) is 8.11. The standard InChI is InChI=1S/C17H22Si/c1-3-15(4-2)18(16-11-7-5-8-12-16)17-13-9-6-10-14-17/h5-15,18H,3-4H2,1-2H3. The minimum absolute atomic E-state index is 0.856. The third-order valence-electron chi connectivity index (χ3n) is 3.84. The average Bonchev–Trinajstić information content (AvgIpc) is 2.46. The first-order valence-electron chi connectivity index (χ1n) is 6.96. The fourth-order valence-electron chi connectivity index (χ4n) is 2.82. The Kier molecular flexibility index (Phi) is 4.77. The summed E-state index contributed by atoms with van der Waals surface area (Å²) in [4.78, 5) is 0. The minimum Gasteiger partial charge on any atom is -0.0654 e. The van der Waals surface area contributed by atoms with Crippen LogP contribution in [-0.2, 0) is 0 Å². The van der Waals surface area contributed by atoms with Crippen LogP contribution in [0.15, 0.2) is 60.7 Å². The monoisotopic (exact) mass is 254 g/mol. The molecule has 0 radical (unpaired) electrons. The molecule has 0 aliphatic heterocycles. The van der Waals surface area contributed by atoms with Gasteiger partial charge in [0.25, 0.3) is 0 Å². The number of rotatable bonds is 5. The topological polar surface area (TPSA) is 0 Å². The van der Waals surface area contributed by atoms with Crippen LogP contribution in [0, 0.1) is 0 Å². The van der Waals surface area contributed by atoms with Crippen molar-refractivity contribution in [2.75, 3.05) is 0 Å². The van der Waals surface area contributed by atoms with Gasteiger partial charge in [0, 0.05) is 0 Å². The summed E-state index contributed by atoms with van der Waals surface area (Å²) in [5, 5.41) is 3.16. The summed E-state index contributed by atoms with van der Waals surface area (Å²) in [6.45, 7) is 4.67. The smallest absolute Gasteiger partial charge is 0.0654 e. The third kappa shape index (κ3) is 2.91. The van der Waals surface area contributed by atoms with E-state index in [1.54, 1.807) is 10.4 Å². The van der Waals surface area contributed by atoms with E-state index in [4.69, 9.17) is 0 Å². The minimum atomic E-state index is -1.07. The Morgan fingerprint density at radius 3 is 1.44 bits per heavy atom. The third-order valence-corrected chi connectivity index (χ3v) is 7.93. The molecule has 0 heterocycles. The van der Waals surface area contributed by atoms with Crippen molar-refractivity contribution < 1.29 is 0 Å². The second-order valence-electron chi connectivity index (χ2n) is 4.88. The Hall–Kier alpha value is -1.34. The molecule has 0 aliphatic rings. The van der Waals surface area contributed by atoms with Gasteiger partial charge in [-0.25, -0.2) is 0 Å². The number of benzene rings is 2. The molecule has 0 atom stereocenters. The zero-order chi connectivity index (χ0) is 12.8. The van der Waals surface area contributed by atoms with Gasteiger partial charge in [0.05, 0.1) is 0 Å². The highest BCUT2D eigenvalue weighted by Gasteiger charge is 2.23. The maximum absolute atomic E-state index is 2.33. The van der Waals surface area contributed by atoms with E-state index in [0.717, 1.165) is 5.54 Å². The quantitative estimate of drug-likeness (QED) is 0.719. The Balaban J connectivity index is 2.41. The first-order valence-corrected chi connectivity index (χ1v) is 8.78. The van der Waals surface area contributed by atoms with Crippen LogP contribution in [-0.4, -0.2) is 8.80 Å². The van der Waals surface area contributed by atoms with Crippen molar-refractivity contribution >= 4 is 19.2 Å². The molecule has 0 bridgehead atoms. The highest BCUT2D eigenvalue weighted by Crippen LogP contribution is 2.19. The fraction of sp³-hybridized carbons (Fsp3) is 0.294. The van der Waals surface area contributed by atoms with E-state index >= 15 is 0 Å². The first-order chi connectivity index (χ1) is 8.86. The van der Waals surface area contributed by atoms with Crippen molar-refractivity contribution in [2.45, 2.75) is 32.2 Å². The molecule has 1 heteroatoms. The largest absolute Gasteiger partial charge is 0.106 e. The summed E-state index contributed by atoms with van der Waals surface area (Å²) >= 11 is 0. The fourth-order valence-corrected chi connectivity index (χ4v) is 6.51. The van der Waals surface area contributed by atoms with Gasteiger partial charge in [-0.1, -0.05) is 97.7 Å². The molecule has 0 aliphatic carbocycles. The maximum atomic E-state index is 2.33. The molecule has 0 nitrogen and oxygen atoms in total. The lowest BCUT2D eigenvalue weighted by Crippen LogP contribution is -2.45. The molecule has 2 rings (SSSR count). The van der Waals surface area contributed by atoms with E-state index in [0.29, 0.717) is 0 Å². The van der Waals surface area contributed by atoms with Crippen LogP contribution >= 0.6 is 0 Å². The van der Waals surface area contributed by atoms with Gasteiger partial charge in [-0.05, 0) is 5.54 Å². The predicted molar refractivity (Wildman–Crippen MR) is 83.6 cm³/mol. The highest BCUT2D eigenvalue weighted by molar-refractivity contribution is 6.86. The van der Waals surface area contributed by atoms with Gasteiger partial charge in [-0.2, -0.15) is 0 Å². The van der Waals surface area contributed by atoms with Crippen LogP contribution in [0.5, 0.6) is 0 Å². The SMILES string of the molecule is CCC(CC)[SiH](c1ccccc1)c1ccccc1. The molecule has 0 aromatic heterocycles. The zero-order valence-electron chi connectivity index (χ0n) is 11.3. The van der Waals surface area contributed by atoms with E-state index in [1.165, 1.54) is 12.8 Å². The molecule has 0 spiro atoms. The molecular weight excluding hydrogens is 232 g/mol. The molecule has 0 saturated carbocycles. The summed E-state index contributed by atoms with van der Waals surface area (Å²) in [6, 6.07) is 22.2. The molecule has 0 amide bonds. The van der Waals surface area contributed by atoms with Crippen LogP contribution in [0.4, 0.5) is 0 Å². The van der Waals surface area contributed by atoms with Gasteiger partial charge in [-0.15, -0.1) is 0 Å². The van der Waals surface area contributed by atoms with E-state index < -0.39 is 8.80 Å². The molecule has 0 unspecified atom stereocenters. The van der Waals surface area contributed by atoms with Crippen LogP contribution in [0.1, 0.15) is 26.7 Å². The summed E-state index contributed by atoms with van der Waals surface area (Å²) in [6.07, 6.45) is 2.58. The zero-order valence-corrected chi connectivity index (χ0v) is 12.5. The van der Waals surface area contributed by atoms with E-state index in [2.05, 4.69) is 74.5 Å². The van der Waals surface area contributed by atoms with Gasteiger partial charge >= 0.3 is 0 Å². The maximum Gasteiger partial charge on any atom is 0.106 e. The Morgan fingerprint density at radius 2 is 1.11 bits per heavy atom. The summed E-state index contributed by atoms with van der Waals surface area (Å²) in [5.74, 6) is 0. The molecule has 2 aromatic rings. The summed E-state index contributed by atoms with van der Waals surface area (Å²) < 4.78 is 0. The van der Waals surface area contributed by atoms with E-state index in [9.17, 15) is 0 Å².